The van der Waals surface area contributed by atoms with Crippen LogP contribution in [0.3, 0.4) is 0 Å². The maximum atomic E-state index is 11.1. The van der Waals surface area contributed by atoms with Gasteiger partial charge in [0.15, 0.2) is 0 Å². The molecule has 2 aromatic rings. The van der Waals surface area contributed by atoms with Gasteiger partial charge in [0.05, 0.1) is 17.4 Å². The van der Waals surface area contributed by atoms with Crippen molar-refractivity contribution in [2.75, 3.05) is 0 Å². The highest BCUT2D eigenvalue weighted by Crippen LogP contribution is 2.07. The topological polar surface area (TPSA) is 70.1 Å². The van der Waals surface area contributed by atoms with Gasteiger partial charge in [0.1, 0.15) is 0 Å². The molecule has 0 saturated carbocycles. The summed E-state index contributed by atoms with van der Waals surface area (Å²) in [5.41, 5.74) is 1.19. The Kier molecular flexibility index (Phi) is 2.47. The van der Waals surface area contributed by atoms with E-state index in [1.165, 1.54) is 6.20 Å². The van der Waals surface area contributed by atoms with Crippen LogP contribution < -0.4 is 5.90 Å². The van der Waals surface area contributed by atoms with E-state index in [0.29, 0.717) is 5.56 Å². The molecule has 76 valence electrons. The highest BCUT2D eigenvalue weighted by Gasteiger charge is 2.09. The maximum Gasteiger partial charge on any atom is 0.359 e. The number of carbonyl (C=O) groups is 1. The number of hydrogen-bond donors (Lipinski definition) is 1. The van der Waals surface area contributed by atoms with Crippen molar-refractivity contribution in [3.63, 3.8) is 0 Å². The number of nitrogens with two attached hydrogens (primary N) is 1. The maximum absolute atomic E-state index is 11.1. The van der Waals surface area contributed by atoms with Crippen LogP contribution >= 0.6 is 0 Å². The first-order valence-electron chi connectivity index (χ1n) is 4.32. The van der Waals surface area contributed by atoms with Crippen molar-refractivity contribution in [2.45, 2.75) is 0 Å². The predicted molar refractivity (Wildman–Crippen MR) is 53.2 cm³/mol. The Morgan fingerprint density at radius 1 is 1.33 bits per heavy atom. The Bertz CT molecular complexity index is 465. The molecule has 2 rings (SSSR count). The van der Waals surface area contributed by atoms with Crippen molar-refractivity contribution in [1.82, 2.24) is 9.78 Å². The monoisotopic (exact) mass is 203 g/mol. The number of benzene rings is 1. The summed E-state index contributed by atoms with van der Waals surface area (Å²) in [5, 5.41) is 4.02. The Balaban J connectivity index is 2.32. The summed E-state index contributed by atoms with van der Waals surface area (Å²) < 4.78 is 1.58. The van der Waals surface area contributed by atoms with Crippen LogP contribution in [0, 0.1) is 0 Å². The lowest BCUT2D eigenvalue weighted by Gasteiger charge is -1.98. The van der Waals surface area contributed by atoms with E-state index in [1.807, 2.05) is 30.3 Å². The third kappa shape index (κ3) is 1.87. The Morgan fingerprint density at radius 3 is 2.73 bits per heavy atom. The normalized spacial score (nSPS) is 9.93. The number of nitrogens with zero attached hydrogens (tertiary/aromatic N) is 2. The SMILES string of the molecule is NOC(=O)c1cnn(-c2ccccc2)c1. The summed E-state index contributed by atoms with van der Waals surface area (Å²) in [6.45, 7) is 0. The van der Waals surface area contributed by atoms with Crippen LogP contribution in [-0.2, 0) is 4.84 Å². The molecule has 0 unspecified atom stereocenters. The second-order valence-electron chi connectivity index (χ2n) is 2.91. The van der Waals surface area contributed by atoms with E-state index in [9.17, 15) is 4.79 Å². The Labute approximate surface area is 86.0 Å². The third-order valence-corrected chi connectivity index (χ3v) is 1.95. The lowest BCUT2D eigenvalue weighted by molar-refractivity contribution is 0.0503. The predicted octanol–water partition coefficient (Wildman–Crippen LogP) is 0.903. The van der Waals surface area contributed by atoms with Crippen LogP contribution in [-0.4, -0.2) is 15.7 Å². The minimum absolute atomic E-state index is 0.321. The van der Waals surface area contributed by atoms with E-state index in [4.69, 9.17) is 5.90 Å². The molecule has 15 heavy (non-hydrogen) atoms. The zero-order chi connectivity index (χ0) is 10.7. The first-order valence-corrected chi connectivity index (χ1v) is 4.32. The summed E-state index contributed by atoms with van der Waals surface area (Å²) in [7, 11) is 0. The van der Waals surface area contributed by atoms with Gasteiger partial charge in [-0.25, -0.2) is 9.48 Å². The standard InChI is InChI=1S/C10H9N3O2/c11-15-10(14)8-6-12-13(7-8)9-4-2-1-3-5-9/h1-7H,11H2. The number of aromatic nitrogens is 2. The molecule has 1 aromatic carbocycles. The van der Waals surface area contributed by atoms with E-state index >= 15 is 0 Å². The average Bonchev–Trinajstić information content (AvgIpc) is 2.78. The molecule has 1 heterocycles. The second kappa shape index (κ2) is 3.93. The van der Waals surface area contributed by atoms with Gasteiger partial charge in [-0.1, -0.05) is 18.2 Å². The summed E-state index contributed by atoms with van der Waals surface area (Å²) in [6, 6.07) is 9.44. The molecule has 5 nitrogen and oxygen atoms in total. The quantitative estimate of drug-likeness (QED) is 0.736. The van der Waals surface area contributed by atoms with E-state index in [2.05, 4.69) is 9.94 Å². The molecule has 0 saturated heterocycles. The molecule has 0 radical (unpaired) electrons. The fourth-order valence-electron chi connectivity index (χ4n) is 1.22. The van der Waals surface area contributed by atoms with Crippen LogP contribution in [0.15, 0.2) is 42.7 Å². The van der Waals surface area contributed by atoms with Gasteiger partial charge in [-0.3, -0.25) is 0 Å². The largest absolute Gasteiger partial charge is 0.370 e. The minimum atomic E-state index is -0.600. The molecule has 1 aromatic heterocycles. The van der Waals surface area contributed by atoms with Gasteiger partial charge in [-0.05, 0) is 12.1 Å². The van der Waals surface area contributed by atoms with Crippen LogP contribution in [0.1, 0.15) is 10.4 Å². The third-order valence-electron chi connectivity index (χ3n) is 1.95. The molecule has 0 fully saturated rings. The smallest absolute Gasteiger partial charge is 0.359 e. The number of hydrogen-bond acceptors (Lipinski definition) is 4. The van der Waals surface area contributed by atoms with Gasteiger partial charge >= 0.3 is 5.97 Å². The molecule has 2 N–H and O–H groups in total. The van der Waals surface area contributed by atoms with Gasteiger partial charge in [0.25, 0.3) is 0 Å². The molecule has 0 aliphatic carbocycles. The summed E-state index contributed by atoms with van der Waals surface area (Å²) in [4.78, 5) is 15.2. The molecule has 0 bridgehead atoms. The minimum Gasteiger partial charge on any atom is -0.370 e. The highest BCUT2D eigenvalue weighted by molar-refractivity contribution is 5.88. The molecule has 5 heteroatoms. The van der Waals surface area contributed by atoms with E-state index in [0.717, 1.165) is 5.69 Å². The van der Waals surface area contributed by atoms with Crippen molar-refractivity contribution >= 4 is 5.97 Å². The van der Waals surface area contributed by atoms with Crippen molar-refractivity contribution in [3.8, 4) is 5.69 Å². The number of rotatable bonds is 2. The van der Waals surface area contributed by atoms with Crippen molar-refractivity contribution in [1.29, 1.82) is 0 Å². The van der Waals surface area contributed by atoms with E-state index in [-0.39, 0.29) is 0 Å². The summed E-state index contributed by atoms with van der Waals surface area (Å²) in [6.07, 6.45) is 2.96. The first-order chi connectivity index (χ1) is 7.31. The molecule has 0 spiro atoms. The Morgan fingerprint density at radius 2 is 2.07 bits per heavy atom. The second-order valence-corrected chi connectivity index (χ2v) is 2.91. The molecule has 0 aliphatic heterocycles. The van der Waals surface area contributed by atoms with Crippen molar-refractivity contribution < 1.29 is 9.63 Å². The van der Waals surface area contributed by atoms with Crippen molar-refractivity contribution in [3.05, 3.63) is 48.3 Å². The molecule has 0 atom stereocenters. The number of para-hydroxylation sites is 1. The fraction of sp³-hybridized carbons (Fsp3) is 0. The summed E-state index contributed by atoms with van der Waals surface area (Å²) >= 11 is 0. The van der Waals surface area contributed by atoms with Crippen LogP contribution in [0.25, 0.3) is 5.69 Å². The van der Waals surface area contributed by atoms with Gasteiger partial charge in [0, 0.05) is 6.20 Å². The molecular weight excluding hydrogens is 194 g/mol. The van der Waals surface area contributed by atoms with Gasteiger partial charge in [-0.15, -0.1) is 0 Å². The highest BCUT2D eigenvalue weighted by atomic mass is 16.7. The van der Waals surface area contributed by atoms with Crippen LogP contribution in [0.2, 0.25) is 0 Å². The van der Waals surface area contributed by atoms with Gasteiger partial charge in [0.2, 0.25) is 0 Å². The molecule has 0 aliphatic rings. The molecule has 0 amide bonds. The van der Waals surface area contributed by atoms with E-state index in [1.54, 1.807) is 10.9 Å². The van der Waals surface area contributed by atoms with Crippen LogP contribution in [0.5, 0.6) is 0 Å². The fourth-order valence-corrected chi connectivity index (χ4v) is 1.22. The zero-order valence-corrected chi connectivity index (χ0v) is 7.83. The van der Waals surface area contributed by atoms with Gasteiger partial charge < -0.3 is 4.84 Å². The zero-order valence-electron chi connectivity index (χ0n) is 7.83. The number of carbonyl (C=O) groups excluding carboxylic acids is 1. The Hall–Kier alpha value is -2.14. The molecular formula is C10H9N3O2. The van der Waals surface area contributed by atoms with Crippen LogP contribution in [0.4, 0.5) is 0 Å². The first kappa shape index (κ1) is 9.42. The van der Waals surface area contributed by atoms with E-state index < -0.39 is 5.97 Å². The average molecular weight is 203 g/mol. The summed E-state index contributed by atoms with van der Waals surface area (Å²) in [5.74, 6) is 4.17. The van der Waals surface area contributed by atoms with Crippen molar-refractivity contribution in [2.24, 2.45) is 5.90 Å². The van der Waals surface area contributed by atoms with Gasteiger partial charge in [-0.2, -0.15) is 11.0 Å². The lowest BCUT2D eigenvalue weighted by atomic mass is 10.3. The lowest BCUT2D eigenvalue weighted by Crippen LogP contribution is -2.09.